The summed E-state index contributed by atoms with van der Waals surface area (Å²) in [4.78, 5) is 19.3. The first-order chi connectivity index (χ1) is 9.95. The van der Waals surface area contributed by atoms with Gasteiger partial charge >= 0.3 is 5.97 Å². The normalized spacial score (nSPS) is 15.2. The number of hydrogen-bond donors (Lipinski definition) is 1. The third-order valence-corrected chi connectivity index (χ3v) is 5.01. The number of carbonyl (C=O) groups is 1. The van der Waals surface area contributed by atoms with Crippen LogP contribution in [-0.4, -0.2) is 37.3 Å². The molecule has 0 fully saturated rings. The first kappa shape index (κ1) is 14.2. The van der Waals surface area contributed by atoms with Crippen LogP contribution in [0.15, 0.2) is 0 Å². The summed E-state index contributed by atoms with van der Waals surface area (Å²) in [6.07, 6.45) is 0.829. The van der Waals surface area contributed by atoms with Gasteiger partial charge in [0.25, 0.3) is 0 Å². The molecule has 0 aromatic carbocycles. The Kier molecular flexibility index (Phi) is 3.54. The van der Waals surface area contributed by atoms with Crippen molar-refractivity contribution in [3.05, 3.63) is 32.5 Å². The lowest BCUT2D eigenvalue weighted by Crippen LogP contribution is -2.31. The van der Waals surface area contributed by atoms with Gasteiger partial charge in [-0.15, -0.1) is 11.3 Å². The van der Waals surface area contributed by atoms with E-state index in [2.05, 4.69) is 21.9 Å². The molecule has 0 spiro atoms. The van der Waals surface area contributed by atoms with Gasteiger partial charge in [0.05, 0.1) is 12.2 Å². The zero-order chi connectivity index (χ0) is 15.1. The van der Waals surface area contributed by atoms with E-state index in [0.717, 1.165) is 41.5 Å². The highest BCUT2D eigenvalue weighted by molar-refractivity contribution is 7.11. The maximum atomic E-state index is 11.3. The van der Waals surface area contributed by atoms with E-state index in [9.17, 15) is 9.90 Å². The lowest BCUT2D eigenvalue weighted by atomic mass is 10.1. The van der Waals surface area contributed by atoms with E-state index in [1.165, 1.54) is 4.88 Å². The number of nitrogens with zero attached hydrogens (tertiary/aromatic N) is 4. The summed E-state index contributed by atoms with van der Waals surface area (Å²) >= 11 is 1.72. The predicted octanol–water partition coefficient (Wildman–Crippen LogP) is 1.75. The van der Waals surface area contributed by atoms with Gasteiger partial charge in [-0.3, -0.25) is 9.58 Å². The van der Waals surface area contributed by atoms with Gasteiger partial charge in [0.2, 0.25) is 0 Å². The molecule has 0 radical (unpaired) electrons. The van der Waals surface area contributed by atoms with E-state index in [0.29, 0.717) is 6.54 Å². The topological polar surface area (TPSA) is 71.2 Å². The highest BCUT2D eigenvalue weighted by Gasteiger charge is 2.27. The van der Waals surface area contributed by atoms with Crippen molar-refractivity contribution in [2.45, 2.75) is 33.4 Å². The lowest BCUT2D eigenvalue weighted by molar-refractivity contribution is 0.0687. The Morgan fingerprint density at radius 1 is 1.43 bits per heavy atom. The number of aryl methyl sites for hydroxylation is 3. The van der Waals surface area contributed by atoms with Gasteiger partial charge in [-0.25, -0.2) is 9.78 Å². The Labute approximate surface area is 127 Å². The van der Waals surface area contributed by atoms with Crippen molar-refractivity contribution in [1.82, 2.24) is 19.7 Å². The minimum absolute atomic E-state index is 0.184. The number of hydrogen-bond acceptors (Lipinski definition) is 5. The minimum atomic E-state index is -0.949. The summed E-state index contributed by atoms with van der Waals surface area (Å²) in [5, 5.41) is 14.5. The second-order valence-corrected chi connectivity index (χ2v) is 6.70. The summed E-state index contributed by atoms with van der Waals surface area (Å²) in [6, 6.07) is 0. The van der Waals surface area contributed by atoms with Crippen LogP contribution in [0.1, 0.15) is 37.3 Å². The molecule has 112 valence electrons. The molecule has 0 bridgehead atoms. The van der Waals surface area contributed by atoms with E-state index in [1.54, 1.807) is 16.0 Å². The van der Waals surface area contributed by atoms with Crippen molar-refractivity contribution in [2.75, 3.05) is 6.54 Å². The van der Waals surface area contributed by atoms with E-state index in [1.807, 2.05) is 14.0 Å². The van der Waals surface area contributed by atoms with Crippen LogP contribution in [-0.2, 0) is 26.6 Å². The quantitative estimate of drug-likeness (QED) is 0.935. The van der Waals surface area contributed by atoms with Crippen LogP contribution in [0.2, 0.25) is 0 Å². The third kappa shape index (κ3) is 2.58. The Balaban J connectivity index is 1.82. The molecule has 3 rings (SSSR count). The lowest BCUT2D eigenvalue weighted by Gasteiger charge is -2.26. The van der Waals surface area contributed by atoms with Crippen LogP contribution in [0.3, 0.4) is 0 Å². The summed E-state index contributed by atoms with van der Waals surface area (Å²) in [6.45, 7) is 6.40. The summed E-state index contributed by atoms with van der Waals surface area (Å²) in [5.41, 5.74) is 3.15. The molecule has 0 saturated heterocycles. The van der Waals surface area contributed by atoms with Gasteiger partial charge in [0.1, 0.15) is 5.01 Å². The first-order valence-corrected chi connectivity index (χ1v) is 7.70. The largest absolute Gasteiger partial charge is 0.476 e. The van der Waals surface area contributed by atoms with Crippen LogP contribution in [0.25, 0.3) is 0 Å². The van der Waals surface area contributed by atoms with Crippen molar-refractivity contribution < 1.29 is 9.90 Å². The number of rotatable bonds is 3. The number of carboxylic acids is 1. The monoisotopic (exact) mass is 306 g/mol. The first-order valence-electron chi connectivity index (χ1n) is 6.89. The number of aromatic nitrogens is 3. The summed E-state index contributed by atoms with van der Waals surface area (Å²) in [7, 11) is 1.81. The van der Waals surface area contributed by atoms with Gasteiger partial charge < -0.3 is 5.11 Å². The Hall–Kier alpha value is -1.73. The zero-order valence-electron chi connectivity index (χ0n) is 12.4. The standard InChI is InChI=1S/C14H18N4O2S/c1-8-9(2)21-12(15-8)7-18-5-4-11-10(6-18)13(14(19)20)16-17(11)3/h4-7H2,1-3H3,(H,19,20). The zero-order valence-corrected chi connectivity index (χ0v) is 13.2. The van der Waals surface area contributed by atoms with Crippen LogP contribution in [0.4, 0.5) is 0 Å². The van der Waals surface area contributed by atoms with Crippen molar-refractivity contribution in [2.24, 2.45) is 7.05 Å². The van der Waals surface area contributed by atoms with Crippen LogP contribution in [0, 0.1) is 13.8 Å². The third-order valence-electron chi connectivity index (χ3n) is 3.96. The molecule has 2 aromatic rings. The van der Waals surface area contributed by atoms with Crippen molar-refractivity contribution >= 4 is 17.3 Å². The number of thiazole rings is 1. The van der Waals surface area contributed by atoms with Gasteiger partial charge in [-0.2, -0.15) is 5.10 Å². The van der Waals surface area contributed by atoms with Crippen LogP contribution < -0.4 is 0 Å². The van der Waals surface area contributed by atoms with Crippen LogP contribution >= 0.6 is 11.3 Å². The molecule has 0 saturated carbocycles. The fourth-order valence-electron chi connectivity index (χ4n) is 2.75. The second-order valence-electron chi connectivity index (χ2n) is 5.41. The highest BCUT2D eigenvalue weighted by atomic mass is 32.1. The molecule has 1 aliphatic rings. The predicted molar refractivity (Wildman–Crippen MR) is 79.6 cm³/mol. The van der Waals surface area contributed by atoms with E-state index in [-0.39, 0.29) is 5.69 Å². The van der Waals surface area contributed by atoms with E-state index >= 15 is 0 Å². The molecule has 21 heavy (non-hydrogen) atoms. The van der Waals surface area contributed by atoms with Crippen molar-refractivity contribution in [3.8, 4) is 0 Å². The number of fused-ring (bicyclic) bond motifs is 1. The maximum absolute atomic E-state index is 11.3. The molecule has 3 heterocycles. The maximum Gasteiger partial charge on any atom is 0.356 e. The van der Waals surface area contributed by atoms with Gasteiger partial charge in [-0.1, -0.05) is 0 Å². The van der Waals surface area contributed by atoms with Gasteiger partial charge in [-0.05, 0) is 13.8 Å². The molecule has 0 aliphatic carbocycles. The second kappa shape index (κ2) is 5.23. The van der Waals surface area contributed by atoms with Crippen molar-refractivity contribution in [1.29, 1.82) is 0 Å². The smallest absolute Gasteiger partial charge is 0.356 e. The molecule has 1 aliphatic heterocycles. The Morgan fingerprint density at radius 3 is 2.81 bits per heavy atom. The Morgan fingerprint density at radius 2 is 2.19 bits per heavy atom. The molecule has 1 N–H and O–H groups in total. The van der Waals surface area contributed by atoms with Gasteiger partial charge in [0.15, 0.2) is 5.69 Å². The number of carboxylic acid groups (broad SMARTS) is 1. The van der Waals surface area contributed by atoms with Crippen molar-refractivity contribution in [3.63, 3.8) is 0 Å². The van der Waals surface area contributed by atoms with Gasteiger partial charge in [0, 0.05) is 42.7 Å². The average Bonchev–Trinajstić information content (AvgIpc) is 2.91. The van der Waals surface area contributed by atoms with E-state index in [4.69, 9.17) is 0 Å². The SMILES string of the molecule is Cc1nc(CN2CCc3c(c(C(=O)O)nn3C)C2)sc1C. The average molecular weight is 306 g/mol. The molecule has 0 amide bonds. The fraction of sp³-hybridized carbons (Fsp3) is 0.500. The summed E-state index contributed by atoms with van der Waals surface area (Å²) < 4.78 is 1.70. The molecule has 7 heteroatoms. The summed E-state index contributed by atoms with van der Waals surface area (Å²) in [5.74, 6) is -0.949. The Bertz CT molecular complexity index is 685. The molecule has 0 atom stereocenters. The molecule has 2 aromatic heterocycles. The highest BCUT2D eigenvalue weighted by Crippen LogP contribution is 2.25. The minimum Gasteiger partial charge on any atom is -0.476 e. The van der Waals surface area contributed by atoms with E-state index < -0.39 is 5.97 Å². The molecule has 0 unspecified atom stereocenters. The molecule has 6 nitrogen and oxygen atoms in total. The number of aromatic carboxylic acids is 1. The molecular formula is C14H18N4O2S. The molecular weight excluding hydrogens is 288 g/mol. The van der Waals surface area contributed by atoms with Crippen LogP contribution in [0.5, 0.6) is 0 Å². The fourth-order valence-corrected chi connectivity index (χ4v) is 3.73.